The molecule has 0 amide bonds. The van der Waals surface area contributed by atoms with Gasteiger partial charge in [-0.2, -0.15) is 0 Å². The summed E-state index contributed by atoms with van der Waals surface area (Å²) in [4.78, 5) is 2.52. The van der Waals surface area contributed by atoms with E-state index >= 15 is 0 Å². The van der Waals surface area contributed by atoms with Gasteiger partial charge in [0.25, 0.3) is 0 Å². The maximum Gasteiger partial charge on any atom is 0.0471 e. The summed E-state index contributed by atoms with van der Waals surface area (Å²) in [5, 5.41) is 4.44. The van der Waals surface area contributed by atoms with Crippen molar-refractivity contribution in [3.05, 3.63) is 28.8 Å². The predicted molar refractivity (Wildman–Crippen MR) is 93.2 cm³/mol. The van der Waals surface area contributed by atoms with E-state index in [4.69, 9.17) is 11.6 Å². The lowest BCUT2D eigenvalue weighted by molar-refractivity contribution is 0.355. The monoisotopic (exact) mass is 308 g/mol. The minimum atomic E-state index is 0.0962. The summed E-state index contributed by atoms with van der Waals surface area (Å²) in [6.07, 6.45) is 1.33. The summed E-state index contributed by atoms with van der Waals surface area (Å²) in [6, 6.07) is 6.29. The molecule has 2 nitrogen and oxygen atoms in total. The van der Waals surface area contributed by atoms with Crippen molar-refractivity contribution >= 4 is 17.3 Å². The third-order valence-corrected chi connectivity index (χ3v) is 4.45. The van der Waals surface area contributed by atoms with E-state index in [1.165, 1.54) is 17.7 Å². The summed E-state index contributed by atoms with van der Waals surface area (Å²) in [6.45, 7) is 14.3. The van der Waals surface area contributed by atoms with Crippen molar-refractivity contribution in [3.63, 3.8) is 0 Å². The molecule has 1 aliphatic rings. The molecule has 1 N–H and O–H groups in total. The third-order valence-electron chi connectivity index (χ3n) is 4.10. The highest BCUT2D eigenvalue weighted by Crippen LogP contribution is 2.32. The maximum atomic E-state index is 6.48. The summed E-state index contributed by atoms with van der Waals surface area (Å²) in [7, 11) is 0. The maximum absolute atomic E-state index is 6.48. The Morgan fingerprint density at radius 1 is 1.19 bits per heavy atom. The van der Waals surface area contributed by atoms with Crippen molar-refractivity contribution in [1.82, 2.24) is 5.32 Å². The molecule has 0 aromatic heterocycles. The van der Waals surface area contributed by atoms with Gasteiger partial charge in [0, 0.05) is 41.4 Å². The van der Waals surface area contributed by atoms with Crippen LogP contribution in [0.3, 0.4) is 0 Å². The van der Waals surface area contributed by atoms with Crippen LogP contribution in [0, 0.1) is 11.8 Å². The number of rotatable bonds is 3. The Labute approximate surface area is 134 Å². The fourth-order valence-electron chi connectivity index (χ4n) is 3.23. The van der Waals surface area contributed by atoms with Gasteiger partial charge in [-0.05, 0) is 51.2 Å². The highest BCUT2D eigenvalue weighted by Gasteiger charge is 2.24. The Morgan fingerprint density at radius 2 is 1.81 bits per heavy atom. The number of anilines is 1. The van der Waals surface area contributed by atoms with Crippen LogP contribution in [-0.4, -0.2) is 18.6 Å². The molecular weight excluding hydrogens is 280 g/mol. The normalized spacial score (nSPS) is 23.4. The first-order chi connectivity index (χ1) is 9.76. The average molecular weight is 309 g/mol. The Kier molecular flexibility index (Phi) is 5.21. The zero-order chi connectivity index (χ0) is 15.6. The van der Waals surface area contributed by atoms with Crippen LogP contribution in [0.5, 0.6) is 0 Å². The standard InChI is InChI=1S/C18H29ClN2/c1-13-9-14(2)12-21(11-13)17-8-6-7-16(19)15(17)10-20-18(3,4)5/h6-8,13-14,20H,9-12H2,1-5H3. The molecule has 1 aliphatic heterocycles. The van der Waals surface area contributed by atoms with Crippen LogP contribution in [-0.2, 0) is 6.54 Å². The summed E-state index contributed by atoms with van der Waals surface area (Å²) < 4.78 is 0. The van der Waals surface area contributed by atoms with Crippen molar-refractivity contribution in [2.24, 2.45) is 11.8 Å². The van der Waals surface area contributed by atoms with Gasteiger partial charge < -0.3 is 10.2 Å². The molecular formula is C18H29ClN2. The van der Waals surface area contributed by atoms with E-state index in [0.29, 0.717) is 0 Å². The SMILES string of the molecule is CC1CC(C)CN(c2cccc(Cl)c2CNC(C)(C)C)C1. The highest BCUT2D eigenvalue weighted by atomic mass is 35.5. The van der Waals surface area contributed by atoms with E-state index in [1.54, 1.807) is 0 Å². The number of piperidine rings is 1. The van der Waals surface area contributed by atoms with Crippen LogP contribution in [0.15, 0.2) is 18.2 Å². The molecule has 2 atom stereocenters. The fraction of sp³-hybridized carbons (Fsp3) is 0.667. The molecule has 2 rings (SSSR count). The van der Waals surface area contributed by atoms with Gasteiger partial charge >= 0.3 is 0 Å². The Bertz CT molecular complexity index is 469. The van der Waals surface area contributed by atoms with E-state index in [9.17, 15) is 0 Å². The number of hydrogen-bond acceptors (Lipinski definition) is 2. The number of halogens is 1. The minimum absolute atomic E-state index is 0.0962. The van der Waals surface area contributed by atoms with E-state index in [-0.39, 0.29) is 5.54 Å². The van der Waals surface area contributed by atoms with Crippen LogP contribution in [0.2, 0.25) is 5.02 Å². The van der Waals surface area contributed by atoms with E-state index < -0.39 is 0 Å². The van der Waals surface area contributed by atoms with Crippen LogP contribution < -0.4 is 10.2 Å². The number of nitrogens with zero attached hydrogens (tertiary/aromatic N) is 1. The van der Waals surface area contributed by atoms with Gasteiger partial charge in [-0.25, -0.2) is 0 Å². The fourth-order valence-corrected chi connectivity index (χ4v) is 3.47. The second kappa shape index (κ2) is 6.58. The molecule has 1 aromatic carbocycles. The Balaban J connectivity index is 2.24. The Hall–Kier alpha value is -0.730. The van der Waals surface area contributed by atoms with Crippen molar-refractivity contribution in [2.45, 2.75) is 53.1 Å². The van der Waals surface area contributed by atoms with Gasteiger partial charge in [0.2, 0.25) is 0 Å². The lowest BCUT2D eigenvalue weighted by atomic mass is 9.91. The van der Waals surface area contributed by atoms with Gasteiger partial charge in [-0.3, -0.25) is 0 Å². The zero-order valence-electron chi connectivity index (χ0n) is 14.0. The van der Waals surface area contributed by atoms with Crippen molar-refractivity contribution in [3.8, 4) is 0 Å². The summed E-state index contributed by atoms with van der Waals surface area (Å²) in [5.74, 6) is 1.49. The molecule has 2 unspecified atom stereocenters. The zero-order valence-corrected chi connectivity index (χ0v) is 14.8. The molecule has 21 heavy (non-hydrogen) atoms. The molecule has 0 saturated carbocycles. The predicted octanol–water partition coefficient (Wildman–Crippen LogP) is 4.71. The molecule has 1 heterocycles. The third kappa shape index (κ3) is 4.62. The molecule has 0 aliphatic carbocycles. The van der Waals surface area contributed by atoms with E-state index in [0.717, 1.165) is 36.5 Å². The molecule has 0 spiro atoms. The van der Waals surface area contributed by atoms with Crippen molar-refractivity contribution in [1.29, 1.82) is 0 Å². The van der Waals surface area contributed by atoms with Gasteiger partial charge in [0.1, 0.15) is 0 Å². The van der Waals surface area contributed by atoms with E-state index in [1.807, 2.05) is 6.07 Å². The second-order valence-corrected chi connectivity index (χ2v) is 8.10. The van der Waals surface area contributed by atoms with Gasteiger partial charge in [-0.1, -0.05) is 31.5 Å². The molecule has 0 bridgehead atoms. The van der Waals surface area contributed by atoms with Gasteiger partial charge in [-0.15, -0.1) is 0 Å². The Morgan fingerprint density at radius 3 is 2.38 bits per heavy atom. The van der Waals surface area contributed by atoms with Crippen LogP contribution in [0.25, 0.3) is 0 Å². The van der Waals surface area contributed by atoms with Gasteiger partial charge in [0.05, 0.1) is 0 Å². The number of nitrogens with one attached hydrogen (secondary N) is 1. The molecule has 118 valence electrons. The van der Waals surface area contributed by atoms with E-state index in [2.05, 4.69) is 57.0 Å². The molecule has 0 radical (unpaired) electrons. The number of benzene rings is 1. The summed E-state index contributed by atoms with van der Waals surface area (Å²) in [5.41, 5.74) is 2.63. The topological polar surface area (TPSA) is 15.3 Å². The van der Waals surface area contributed by atoms with Crippen LogP contribution in [0.4, 0.5) is 5.69 Å². The first-order valence-corrected chi connectivity index (χ1v) is 8.41. The first-order valence-electron chi connectivity index (χ1n) is 8.03. The van der Waals surface area contributed by atoms with Crippen LogP contribution in [0.1, 0.15) is 46.6 Å². The van der Waals surface area contributed by atoms with Crippen LogP contribution >= 0.6 is 11.6 Å². The lowest BCUT2D eigenvalue weighted by Gasteiger charge is -2.38. The highest BCUT2D eigenvalue weighted by molar-refractivity contribution is 6.31. The first kappa shape index (κ1) is 16.6. The second-order valence-electron chi connectivity index (χ2n) is 7.69. The smallest absolute Gasteiger partial charge is 0.0471 e. The largest absolute Gasteiger partial charge is 0.371 e. The molecule has 1 aromatic rings. The quantitative estimate of drug-likeness (QED) is 0.870. The molecule has 1 saturated heterocycles. The average Bonchev–Trinajstić information content (AvgIpc) is 2.34. The van der Waals surface area contributed by atoms with Gasteiger partial charge in [0.15, 0.2) is 0 Å². The van der Waals surface area contributed by atoms with Crippen molar-refractivity contribution < 1.29 is 0 Å². The van der Waals surface area contributed by atoms with Crippen molar-refractivity contribution in [2.75, 3.05) is 18.0 Å². The number of hydrogen-bond donors (Lipinski definition) is 1. The molecule has 3 heteroatoms. The lowest BCUT2D eigenvalue weighted by Crippen LogP contribution is -2.40. The summed E-state index contributed by atoms with van der Waals surface area (Å²) >= 11 is 6.48. The molecule has 1 fully saturated rings. The minimum Gasteiger partial charge on any atom is -0.371 e.